The van der Waals surface area contributed by atoms with Gasteiger partial charge >= 0.3 is 0 Å². The Morgan fingerprint density at radius 3 is 2.56 bits per heavy atom. The molecule has 0 saturated heterocycles. The molecule has 0 saturated carbocycles. The Morgan fingerprint density at radius 2 is 1.94 bits per heavy atom. The SMILES string of the molecule is CC(C)CNc1n[nH]c2c1C(C)(C)CC(C)(C)C2. The van der Waals surface area contributed by atoms with Crippen molar-refractivity contribution in [2.45, 2.75) is 59.8 Å². The zero-order chi connectivity index (χ0) is 13.6. The van der Waals surface area contributed by atoms with Crippen LogP contribution < -0.4 is 5.32 Å². The van der Waals surface area contributed by atoms with Gasteiger partial charge in [-0.05, 0) is 29.6 Å². The minimum absolute atomic E-state index is 0.198. The minimum Gasteiger partial charge on any atom is -0.368 e. The fourth-order valence-electron chi connectivity index (χ4n) is 3.49. The van der Waals surface area contributed by atoms with Crippen LogP contribution in [0.5, 0.6) is 0 Å². The van der Waals surface area contributed by atoms with Crippen LogP contribution in [0.2, 0.25) is 0 Å². The fourth-order valence-corrected chi connectivity index (χ4v) is 3.49. The van der Waals surface area contributed by atoms with Crippen molar-refractivity contribution in [3.63, 3.8) is 0 Å². The number of H-pyrrole nitrogens is 1. The molecular weight excluding hydrogens is 222 g/mol. The zero-order valence-corrected chi connectivity index (χ0v) is 12.6. The molecular formula is C15H27N3. The van der Waals surface area contributed by atoms with Gasteiger partial charge in [0.1, 0.15) is 0 Å². The van der Waals surface area contributed by atoms with Crippen molar-refractivity contribution in [1.29, 1.82) is 0 Å². The second kappa shape index (κ2) is 4.29. The molecule has 3 nitrogen and oxygen atoms in total. The molecule has 1 aliphatic carbocycles. The van der Waals surface area contributed by atoms with Gasteiger partial charge in [0.15, 0.2) is 5.82 Å². The van der Waals surface area contributed by atoms with Crippen LogP contribution in [0.3, 0.4) is 0 Å². The van der Waals surface area contributed by atoms with E-state index in [4.69, 9.17) is 0 Å². The van der Waals surface area contributed by atoms with E-state index in [0.29, 0.717) is 11.3 Å². The van der Waals surface area contributed by atoms with E-state index in [-0.39, 0.29) is 5.41 Å². The molecule has 0 unspecified atom stereocenters. The van der Waals surface area contributed by atoms with Gasteiger partial charge in [-0.25, -0.2) is 0 Å². The number of aromatic nitrogens is 2. The molecule has 2 N–H and O–H groups in total. The van der Waals surface area contributed by atoms with Gasteiger partial charge < -0.3 is 5.32 Å². The average Bonchev–Trinajstić information content (AvgIpc) is 2.55. The molecule has 0 radical (unpaired) electrons. The maximum Gasteiger partial charge on any atom is 0.151 e. The first-order valence-electron chi connectivity index (χ1n) is 7.03. The minimum atomic E-state index is 0.198. The number of hydrogen-bond donors (Lipinski definition) is 2. The van der Waals surface area contributed by atoms with Gasteiger partial charge in [-0.3, -0.25) is 5.10 Å². The first kappa shape index (κ1) is 13.4. The van der Waals surface area contributed by atoms with E-state index in [0.717, 1.165) is 18.8 Å². The predicted octanol–water partition coefficient (Wildman–Crippen LogP) is 3.73. The zero-order valence-electron chi connectivity index (χ0n) is 12.6. The molecule has 1 aromatic rings. The summed E-state index contributed by atoms with van der Waals surface area (Å²) in [6, 6.07) is 0. The summed E-state index contributed by atoms with van der Waals surface area (Å²) in [4.78, 5) is 0. The fraction of sp³-hybridized carbons (Fsp3) is 0.800. The molecule has 18 heavy (non-hydrogen) atoms. The maximum absolute atomic E-state index is 4.49. The Kier molecular flexibility index (Phi) is 3.20. The molecule has 0 amide bonds. The molecule has 0 aromatic carbocycles. The van der Waals surface area contributed by atoms with Gasteiger partial charge in [-0.2, -0.15) is 5.10 Å². The van der Waals surface area contributed by atoms with Gasteiger partial charge in [0.25, 0.3) is 0 Å². The van der Waals surface area contributed by atoms with Crippen LogP contribution >= 0.6 is 0 Å². The number of fused-ring (bicyclic) bond motifs is 1. The quantitative estimate of drug-likeness (QED) is 0.857. The van der Waals surface area contributed by atoms with Gasteiger partial charge in [-0.15, -0.1) is 0 Å². The summed E-state index contributed by atoms with van der Waals surface area (Å²) in [5.41, 5.74) is 3.28. The van der Waals surface area contributed by atoms with Crippen LogP contribution in [0.25, 0.3) is 0 Å². The highest BCUT2D eigenvalue weighted by molar-refractivity contribution is 5.52. The van der Waals surface area contributed by atoms with Crippen LogP contribution in [-0.4, -0.2) is 16.7 Å². The van der Waals surface area contributed by atoms with Crippen molar-refractivity contribution in [2.24, 2.45) is 11.3 Å². The second-order valence-corrected chi connectivity index (χ2v) is 7.60. The van der Waals surface area contributed by atoms with Crippen molar-refractivity contribution < 1.29 is 0 Å². The Labute approximate surface area is 111 Å². The van der Waals surface area contributed by atoms with Crippen molar-refractivity contribution in [2.75, 3.05) is 11.9 Å². The first-order valence-corrected chi connectivity index (χ1v) is 7.03. The van der Waals surface area contributed by atoms with E-state index in [9.17, 15) is 0 Å². The number of rotatable bonds is 3. The molecule has 0 aliphatic heterocycles. The van der Waals surface area contributed by atoms with Crippen molar-refractivity contribution in [3.05, 3.63) is 11.3 Å². The number of anilines is 1. The van der Waals surface area contributed by atoms with Gasteiger partial charge in [0, 0.05) is 17.8 Å². The lowest BCUT2D eigenvalue weighted by molar-refractivity contribution is 0.230. The third-order valence-electron chi connectivity index (χ3n) is 3.77. The number of nitrogens with zero attached hydrogens (tertiary/aromatic N) is 1. The highest BCUT2D eigenvalue weighted by Gasteiger charge is 2.40. The highest BCUT2D eigenvalue weighted by atomic mass is 15.2. The Hall–Kier alpha value is -0.990. The van der Waals surface area contributed by atoms with Crippen LogP contribution in [0, 0.1) is 11.3 Å². The van der Waals surface area contributed by atoms with Crippen LogP contribution in [0.4, 0.5) is 5.82 Å². The highest BCUT2D eigenvalue weighted by Crippen LogP contribution is 2.47. The molecule has 1 aromatic heterocycles. The van der Waals surface area contributed by atoms with Crippen LogP contribution in [0.1, 0.15) is 59.2 Å². The van der Waals surface area contributed by atoms with Crippen molar-refractivity contribution in [3.8, 4) is 0 Å². The van der Waals surface area contributed by atoms with Crippen LogP contribution in [0.15, 0.2) is 0 Å². The third kappa shape index (κ3) is 2.55. The maximum atomic E-state index is 4.49. The summed E-state index contributed by atoms with van der Waals surface area (Å²) in [6.45, 7) is 14.8. The number of hydrogen-bond acceptors (Lipinski definition) is 2. The number of aromatic amines is 1. The Bertz CT molecular complexity index is 427. The molecule has 1 aliphatic rings. The average molecular weight is 249 g/mol. The summed E-state index contributed by atoms with van der Waals surface area (Å²) in [5, 5.41) is 11.2. The molecule has 2 rings (SSSR count). The van der Waals surface area contributed by atoms with E-state index < -0.39 is 0 Å². The lowest BCUT2D eigenvalue weighted by Crippen LogP contribution is -2.34. The lowest BCUT2D eigenvalue weighted by atomic mass is 9.64. The summed E-state index contributed by atoms with van der Waals surface area (Å²) in [6.07, 6.45) is 2.31. The van der Waals surface area contributed by atoms with E-state index >= 15 is 0 Å². The smallest absolute Gasteiger partial charge is 0.151 e. The Morgan fingerprint density at radius 1 is 1.28 bits per heavy atom. The molecule has 0 fully saturated rings. The largest absolute Gasteiger partial charge is 0.368 e. The summed E-state index contributed by atoms with van der Waals surface area (Å²) in [7, 11) is 0. The number of nitrogens with one attached hydrogen (secondary N) is 2. The van der Waals surface area contributed by atoms with E-state index in [1.807, 2.05) is 0 Å². The molecule has 1 heterocycles. The van der Waals surface area contributed by atoms with E-state index in [2.05, 4.69) is 57.1 Å². The van der Waals surface area contributed by atoms with Crippen molar-refractivity contribution in [1.82, 2.24) is 10.2 Å². The third-order valence-corrected chi connectivity index (χ3v) is 3.77. The second-order valence-electron chi connectivity index (χ2n) is 7.60. The van der Waals surface area contributed by atoms with Gasteiger partial charge in [0.05, 0.1) is 0 Å². The molecule has 102 valence electrons. The monoisotopic (exact) mass is 249 g/mol. The van der Waals surface area contributed by atoms with Gasteiger partial charge in [0.2, 0.25) is 0 Å². The van der Waals surface area contributed by atoms with Crippen molar-refractivity contribution >= 4 is 5.82 Å². The molecule has 0 bridgehead atoms. The molecule has 0 atom stereocenters. The van der Waals surface area contributed by atoms with Crippen LogP contribution in [-0.2, 0) is 11.8 Å². The first-order chi connectivity index (χ1) is 8.21. The molecule has 3 heteroatoms. The van der Waals surface area contributed by atoms with E-state index in [1.54, 1.807) is 0 Å². The summed E-state index contributed by atoms with van der Waals surface area (Å²) in [5.74, 6) is 1.71. The molecule has 0 spiro atoms. The van der Waals surface area contributed by atoms with Gasteiger partial charge in [-0.1, -0.05) is 41.5 Å². The topological polar surface area (TPSA) is 40.7 Å². The summed E-state index contributed by atoms with van der Waals surface area (Å²) >= 11 is 0. The summed E-state index contributed by atoms with van der Waals surface area (Å²) < 4.78 is 0. The van der Waals surface area contributed by atoms with E-state index in [1.165, 1.54) is 17.7 Å². The Balaban J connectivity index is 2.31. The standard InChI is InChI=1S/C15H27N3/c1-10(2)8-16-13-12-11(17-18-13)7-14(3,4)9-15(12,5)6/h10H,7-9H2,1-6H3,(H2,16,17,18). The normalized spacial score (nSPS) is 20.8. The predicted molar refractivity (Wildman–Crippen MR) is 77.0 cm³/mol. The lowest BCUT2D eigenvalue weighted by Gasteiger charge is -2.40.